The Hall–Kier alpha value is -1.93. The minimum absolute atomic E-state index is 0.193. The quantitative estimate of drug-likeness (QED) is 0.473. The van der Waals surface area contributed by atoms with Gasteiger partial charge in [0, 0.05) is 17.6 Å². The van der Waals surface area contributed by atoms with Crippen LogP contribution >= 0.6 is 0 Å². The third-order valence-corrected chi connectivity index (χ3v) is 8.30. The number of aliphatic hydroxyl groups is 1. The van der Waals surface area contributed by atoms with Crippen LogP contribution in [0.15, 0.2) is 11.1 Å². The smallest absolute Gasteiger partial charge is 0.344 e. The van der Waals surface area contributed by atoms with Gasteiger partial charge >= 0.3 is 17.9 Å². The van der Waals surface area contributed by atoms with Gasteiger partial charge in [0.1, 0.15) is 12.2 Å². The summed E-state index contributed by atoms with van der Waals surface area (Å²) in [5.41, 5.74) is -3.18. The molecule has 5 unspecified atom stereocenters. The molecule has 0 radical (unpaired) electrons. The van der Waals surface area contributed by atoms with Gasteiger partial charge in [-0.25, -0.2) is 14.4 Å². The van der Waals surface area contributed by atoms with Gasteiger partial charge in [0.15, 0.2) is 6.10 Å². The highest BCUT2D eigenvalue weighted by Gasteiger charge is 2.96. The first kappa shape index (κ1) is 17.0. The van der Waals surface area contributed by atoms with Crippen LogP contribution in [-0.2, 0) is 33.3 Å². The summed E-state index contributed by atoms with van der Waals surface area (Å²) in [5, 5.41) is 11.2. The lowest BCUT2D eigenvalue weighted by Gasteiger charge is -2.45. The van der Waals surface area contributed by atoms with E-state index in [1.54, 1.807) is 6.92 Å². The number of fused-ring (bicyclic) bond motifs is 1. The molecule has 0 aromatic rings. The zero-order valence-electron chi connectivity index (χ0n) is 16.1. The Morgan fingerprint density at radius 3 is 2.50 bits per heavy atom. The van der Waals surface area contributed by atoms with Gasteiger partial charge in [-0.3, -0.25) is 0 Å². The van der Waals surface area contributed by atoms with Crippen LogP contribution in [0.1, 0.15) is 40.5 Å². The molecule has 8 heteroatoms. The van der Waals surface area contributed by atoms with Gasteiger partial charge in [-0.15, -0.1) is 0 Å². The van der Waals surface area contributed by atoms with Crippen molar-refractivity contribution >= 4 is 17.9 Å². The molecule has 2 aliphatic carbocycles. The number of carbonyl (C=O) groups excluding carboxylic acids is 3. The van der Waals surface area contributed by atoms with Gasteiger partial charge < -0.3 is 24.1 Å². The predicted octanol–water partition coefficient (Wildman–Crippen LogP) is 0.609. The van der Waals surface area contributed by atoms with Crippen molar-refractivity contribution in [2.45, 2.75) is 70.7 Å². The molecule has 0 aromatic carbocycles. The number of rotatable bonds is 0. The first-order valence-corrected chi connectivity index (χ1v) is 9.73. The molecular weight excluding hydrogens is 368 g/mol. The summed E-state index contributed by atoms with van der Waals surface area (Å²) in [4.78, 5) is 37.9. The van der Waals surface area contributed by atoms with Crippen molar-refractivity contribution < 1.29 is 38.4 Å². The third kappa shape index (κ3) is 1.28. The van der Waals surface area contributed by atoms with Crippen molar-refractivity contribution in [1.29, 1.82) is 0 Å². The molecule has 8 atom stereocenters. The molecule has 1 N–H and O–H groups in total. The van der Waals surface area contributed by atoms with Crippen LogP contribution in [0.25, 0.3) is 0 Å². The summed E-state index contributed by atoms with van der Waals surface area (Å²) in [6.45, 7) is 7.74. The maximum absolute atomic E-state index is 13.2. The molecular formula is C20H22O8. The molecule has 8 nitrogen and oxygen atoms in total. The van der Waals surface area contributed by atoms with Crippen LogP contribution in [0.4, 0.5) is 0 Å². The van der Waals surface area contributed by atoms with Crippen LogP contribution in [0.3, 0.4) is 0 Å². The van der Waals surface area contributed by atoms with Crippen LogP contribution in [0.2, 0.25) is 0 Å². The Labute approximate surface area is 161 Å². The van der Waals surface area contributed by atoms with E-state index in [4.69, 9.17) is 18.9 Å². The predicted molar refractivity (Wildman–Crippen MR) is 89.2 cm³/mol. The van der Waals surface area contributed by atoms with E-state index >= 15 is 0 Å². The molecule has 150 valence electrons. The molecule has 6 aliphatic rings. The van der Waals surface area contributed by atoms with E-state index in [1.165, 1.54) is 0 Å². The fourth-order valence-corrected chi connectivity index (χ4v) is 7.60. The molecule has 4 heterocycles. The fraction of sp³-hybridized carbons (Fsp3) is 0.750. The highest BCUT2D eigenvalue weighted by molar-refractivity contribution is 6.00. The summed E-state index contributed by atoms with van der Waals surface area (Å²) in [6.07, 6.45) is -2.87. The molecule has 6 rings (SSSR count). The highest BCUT2D eigenvalue weighted by Crippen LogP contribution is 2.83. The van der Waals surface area contributed by atoms with Crippen LogP contribution in [0.5, 0.6) is 0 Å². The summed E-state index contributed by atoms with van der Waals surface area (Å²) in [7, 11) is 0. The number of esters is 3. The van der Waals surface area contributed by atoms with Gasteiger partial charge in [-0.2, -0.15) is 0 Å². The number of ether oxygens (including phenoxy) is 4. The molecule has 0 aromatic heterocycles. The van der Waals surface area contributed by atoms with E-state index in [9.17, 15) is 19.5 Å². The topological polar surface area (TPSA) is 108 Å². The molecule has 2 saturated carbocycles. The van der Waals surface area contributed by atoms with Crippen molar-refractivity contribution in [2.75, 3.05) is 0 Å². The SMILES string of the molecule is CC1=C2C(CC34C5C[C@@H](C(C)(C)C)C36C(OC(=O)[C@@H]6O)O[C@@]24C(=O)O5)OC1=O. The van der Waals surface area contributed by atoms with E-state index in [0.29, 0.717) is 17.6 Å². The van der Waals surface area contributed by atoms with Crippen LogP contribution in [0, 0.1) is 22.2 Å². The van der Waals surface area contributed by atoms with Gasteiger partial charge in [0.25, 0.3) is 0 Å². The number of carbonyl (C=O) groups is 3. The van der Waals surface area contributed by atoms with Gasteiger partial charge in [0.2, 0.25) is 11.9 Å². The second kappa shape index (κ2) is 4.31. The summed E-state index contributed by atoms with van der Waals surface area (Å²) >= 11 is 0. The Bertz CT molecular complexity index is 914. The minimum Gasteiger partial charge on any atom is -0.459 e. The van der Waals surface area contributed by atoms with Gasteiger partial charge in [0.05, 0.1) is 10.8 Å². The molecule has 0 bridgehead atoms. The lowest BCUT2D eigenvalue weighted by Crippen LogP contribution is -2.58. The van der Waals surface area contributed by atoms with E-state index in [-0.39, 0.29) is 17.8 Å². The van der Waals surface area contributed by atoms with E-state index < -0.39 is 58.9 Å². The normalized spacial score (nSPS) is 53.0. The third-order valence-electron chi connectivity index (χ3n) is 8.30. The minimum atomic E-state index is -1.55. The molecule has 5 fully saturated rings. The Kier molecular flexibility index (Phi) is 2.61. The zero-order chi connectivity index (χ0) is 20.0. The lowest BCUT2D eigenvalue weighted by molar-refractivity contribution is -0.191. The highest BCUT2D eigenvalue weighted by atomic mass is 16.7. The number of aliphatic hydroxyl groups excluding tert-OH is 1. The van der Waals surface area contributed by atoms with E-state index in [1.807, 2.05) is 20.8 Å². The maximum Gasteiger partial charge on any atom is 0.344 e. The monoisotopic (exact) mass is 390 g/mol. The van der Waals surface area contributed by atoms with Crippen molar-refractivity contribution in [1.82, 2.24) is 0 Å². The molecule has 4 aliphatic heterocycles. The first-order chi connectivity index (χ1) is 13.0. The second-order valence-corrected chi connectivity index (χ2v) is 10.1. The lowest BCUT2D eigenvalue weighted by atomic mass is 9.52. The summed E-state index contributed by atoms with van der Waals surface area (Å²) < 4.78 is 23.2. The average Bonchev–Trinajstić information content (AvgIpc) is 3.30. The zero-order valence-corrected chi connectivity index (χ0v) is 16.1. The largest absolute Gasteiger partial charge is 0.459 e. The second-order valence-electron chi connectivity index (χ2n) is 10.1. The maximum atomic E-state index is 13.2. The molecule has 0 amide bonds. The van der Waals surface area contributed by atoms with Crippen LogP contribution in [-0.4, -0.2) is 53.2 Å². The Morgan fingerprint density at radius 2 is 1.82 bits per heavy atom. The van der Waals surface area contributed by atoms with Crippen molar-refractivity contribution in [3.8, 4) is 0 Å². The summed E-state index contributed by atoms with van der Waals surface area (Å²) in [5.74, 6) is -1.97. The Morgan fingerprint density at radius 1 is 1.11 bits per heavy atom. The molecule has 28 heavy (non-hydrogen) atoms. The van der Waals surface area contributed by atoms with E-state index in [2.05, 4.69) is 0 Å². The van der Waals surface area contributed by atoms with Gasteiger partial charge in [-0.1, -0.05) is 20.8 Å². The van der Waals surface area contributed by atoms with E-state index in [0.717, 1.165) is 0 Å². The average molecular weight is 390 g/mol. The molecule has 3 saturated heterocycles. The standard InChI is InChI=1S/C20H22O8/c1-7-11-8(25-13(7)22)6-18-10-5-9(17(2,3)4)19(18)12(21)14(23)27-16(19)28-20(11,18)15(24)26-10/h8-10,12,16,21H,5-6H2,1-4H3/t8?,9-,10?,12-,16?,18?,19?,20+/m0/s1. The summed E-state index contributed by atoms with van der Waals surface area (Å²) in [6, 6.07) is 0. The van der Waals surface area contributed by atoms with Gasteiger partial charge in [-0.05, 0) is 24.7 Å². The first-order valence-electron chi connectivity index (χ1n) is 9.73. The number of hydrogen-bond donors (Lipinski definition) is 1. The fourth-order valence-electron chi connectivity index (χ4n) is 7.60. The van der Waals surface area contributed by atoms with Crippen LogP contribution < -0.4 is 0 Å². The number of hydrogen-bond acceptors (Lipinski definition) is 8. The van der Waals surface area contributed by atoms with Crippen molar-refractivity contribution in [3.05, 3.63) is 11.1 Å². The van der Waals surface area contributed by atoms with Crippen molar-refractivity contribution in [2.24, 2.45) is 22.2 Å². The Balaban J connectivity index is 1.70. The van der Waals surface area contributed by atoms with Crippen molar-refractivity contribution in [3.63, 3.8) is 0 Å². The molecule has 2 spiro atoms.